The molecule has 0 saturated carbocycles. The van der Waals surface area contributed by atoms with Crippen LogP contribution in [0, 0.1) is 18.3 Å². The fraction of sp³-hybridized carbons (Fsp3) is 0.500. The molecule has 0 unspecified atom stereocenters. The molecule has 5 heterocycles. The van der Waals surface area contributed by atoms with Crippen molar-refractivity contribution in [3.05, 3.63) is 30.1 Å². The van der Waals surface area contributed by atoms with Gasteiger partial charge in [0, 0.05) is 48.9 Å². The number of anilines is 3. The first-order valence-electron chi connectivity index (χ1n) is 10.2. The Morgan fingerprint density at radius 3 is 2.79 bits per heavy atom. The van der Waals surface area contributed by atoms with E-state index in [1.54, 1.807) is 10.7 Å². The van der Waals surface area contributed by atoms with Crippen molar-refractivity contribution in [1.29, 1.82) is 5.26 Å². The van der Waals surface area contributed by atoms with Crippen LogP contribution in [0.2, 0.25) is 0 Å². The van der Waals surface area contributed by atoms with Crippen LogP contribution in [0.25, 0.3) is 5.52 Å². The maximum atomic E-state index is 8.92. The Hall–Kier alpha value is -3.12. The molecule has 0 aromatic carbocycles. The van der Waals surface area contributed by atoms with Gasteiger partial charge in [0.25, 0.3) is 0 Å². The summed E-state index contributed by atoms with van der Waals surface area (Å²) in [6.45, 7) is 2.86. The van der Waals surface area contributed by atoms with E-state index >= 15 is 0 Å². The number of H-pyrrole nitrogens is 1. The summed E-state index contributed by atoms with van der Waals surface area (Å²) in [7, 11) is 0. The Morgan fingerprint density at radius 2 is 2.07 bits per heavy atom. The van der Waals surface area contributed by atoms with Gasteiger partial charge in [-0.25, -0.2) is 4.52 Å². The molecule has 3 aromatic rings. The van der Waals surface area contributed by atoms with Crippen molar-refractivity contribution < 1.29 is 0 Å². The highest BCUT2D eigenvalue weighted by Crippen LogP contribution is 2.36. The van der Waals surface area contributed by atoms with Crippen LogP contribution in [0.15, 0.2) is 24.4 Å². The number of nitriles is 1. The lowest BCUT2D eigenvalue weighted by molar-refractivity contribution is 0.136. The van der Waals surface area contributed by atoms with Crippen LogP contribution in [0.5, 0.6) is 0 Å². The number of nitrogens with one attached hydrogen (secondary N) is 3. The van der Waals surface area contributed by atoms with E-state index in [-0.39, 0.29) is 0 Å². The molecule has 2 aliphatic rings. The minimum absolute atomic E-state index is 0.393. The molecule has 0 spiro atoms. The number of hydrogen-bond acceptors (Lipinski definition) is 7. The molecular weight excluding hydrogens is 366 g/mol. The normalized spacial score (nSPS) is 23.9. The molecule has 3 atom stereocenters. The quantitative estimate of drug-likeness (QED) is 0.593. The van der Waals surface area contributed by atoms with Crippen LogP contribution in [-0.4, -0.2) is 54.4 Å². The zero-order chi connectivity index (χ0) is 19.8. The summed E-state index contributed by atoms with van der Waals surface area (Å²) < 4.78 is 1.78. The van der Waals surface area contributed by atoms with Crippen LogP contribution < -0.4 is 10.6 Å². The minimum atomic E-state index is 0.393. The Labute approximate surface area is 169 Å². The topological polar surface area (TPSA) is 110 Å². The van der Waals surface area contributed by atoms with Crippen LogP contribution in [0.4, 0.5) is 17.6 Å². The van der Waals surface area contributed by atoms with E-state index in [0.717, 1.165) is 36.4 Å². The monoisotopic (exact) mass is 391 g/mol. The molecule has 2 saturated heterocycles. The van der Waals surface area contributed by atoms with E-state index in [1.165, 1.54) is 12.8 Å². The molecule has 9 heteroatoms. The van der Waals surface area contributed by atoms with Crippen molar-refractivity contribution in [2.45, 2.75) is 57.2 Å². The number of hydrogen-bond donors (Lipinski definition) is 3. The summed E-state index contributed by atoms with van der Waals surface area (Å²) in [5, 5.41) is 27.4. The highest BCUT2D eigenvalue weighted by atomic mass is 15.3. The standard InChI is InChI=1S/C20H25N9/c1-13-9-19(27-26-13)25-20-24-18(12-17-5-7-22-29(17)20)23-14-10-15-3-4-16(11-14)28(15)8-2-6-21/h5,7,9,12,14-16,23H,2-4,8,10-11H2,1H3,(H2,24,25,26,27)/t14-,15-,16+. The van der Waals surface area contributed by atoms with Gasteiger partial charge >= 0.3 is 0 Å². The van der Waals surface area contributed by atoms with Gasteiger partial charge in [0.2, 0.25) is 5.95 Å². The number of aromatic nitrogens is 5. The predicted octanol–water partition coefficient (Wildman–Crippen LogP) is 2.83. The smallest absolute Gasteiger partial charge is 0.232 e. The average Bonchev–Trinajstić information content (AvgIpc) is 3.39. The third-order valence-electron chi connectivity index (χ3n) is 6.05. The number of nitrogens with zero attached hydrogens (tertiary/aromatic N) is 6. The fourth-order valence-corrected chi connectivity index (χ4v) is 4.83. The average molecular weight is 391 g/mol. The SMILES string of the molecule is Cc1cc(Nc2nc(N[C@@H]3C[C@H]4CC[C@@H](C3)N4CCC#N)cc3ccnn23)n[nH]1. The summed E-state index contributed by atoms with van der Waals surface area (Å²) >= 11 is 0. The van der Waals surface area contributed by atoms with Crippen molar-refractivity contribution in [2.75, 3.05) is 17.2 Å². The number of piperidine rings is 1. The predicted molar refractivity (Wildman–Crippen MR) is 110 cm³/mol. The molecule has 2 bridgehead atoms. The Balaban J connectivity index is 1.34. The Bertz CT molecular complexity index is 1030. The van der Waals surface area contributed by atoms with Gasteiger partial charge in [-0.15, -0.1) is 0 Å². The highest BCUT2D eigenvalue weighted by Gasteiger charge is 2.40. The third-order valence-corrected chi connectivity index (χ3v) is 6.05. The van der Waals surface area contributed by atoms with Gasteiger partial charge in [0.05, 0.1) is 17.8 Å². The first-order chi connectivity index (χ1) is 14.2. The van der Waals surface area contributed by atoms with Crippen molar-refractivity contribution in [2.24, 2.45) is 0 Å². The lowest BCUT2D eigenvalue weighted by Gasteiger charge is -2.39. The molecular formula is C20H25N9. The maximum Gasteiger partial charge on any atom is 0.232 e. The molecule has 3 aromatic heterocycles. The van der Waals surface area contributed by atoms with E-state index in [2.05, 4.69) is 36.9 Å². The number of rotatable bonds is 6. The van der Waals surface area contributed by atoms with Crippen LogP contribution in [0.1, 0.15) is 37.8 Å². The van der Waals surface area contributed by atoms with Crippen molar-refractivity contribution >= 4 is 23.1 Å². The van der Waals surface area contributed by atoms with E-state index < -0.39 is 0 Å². The van der Waals surface area contributed by atoms with Gasteiger partial charge in [-0.3, -0.25) is 10.00 Å². The van der Waals surface area contributed by atoms with Gasteiger partial charge in [-0.05, 0) is 38.7 Å². The molecule has 3 N–H and O–H groups in total. The van der Waals surface area contributed by atoms with Crippen molar-refractivity contribution in [1.82, 2.24) is 29.7 Å². The van der Waals surface area contributed by atoms with Crippen molar-refractivity contribution in [3.8, 4) is 6.07 Å². The fourth-order valence-electron chi connectivity index (χ4n) is 4.83. The molecule has 0 radical (unpaired) electrons. The third kappa shape index (κ3) is 3.51. The summed E-state index contributed by atoms with van der Waals surface area (Å²) in [6.07, 6.45) is 7.04. The summed E-state index contributed by atoms with van der Waals surface area (Å²) in [4.78, 5) is 7.32. The summed E-state index contributed by atoms with van der Waals surface area (Å²) in [5.41, 5.74) is 1.96. The second kappa shape index (κ2) is 7.37. The van der Waals surface area contributed by atoms with Crippen LogP contribution in [-0.2, 0) is 0 Å². The molecule has 5 rings (SSSR count). The summed E-state index contributed by atoms with van der Waals surface area (Å²) in [5.74, 6) is 2.20. The number of aryl methyl sites for hydroxylation is 1. The molecule has 2 fully saturated rings. The largest absolute Gasteiger partial charge is 0.367 e. The first-order valence-corrected chi connectivity index (χ1v) is 10.2. The summed E-state index contributed by atoms with van der Waals surface area (Å²) in [6, 6.07) is 9.77. The van der Waals surface area contributed by atoms with Gasteiger partial charge in [-0.1, -0.05) is 0 Å². The van der Waals surface area contributed by atoms with E-state index in [1.807, 2.05) is 25.1 Å². The Kier molecular flexibility index (Phi) is 4.56. The van der Waals surface area contributed by atoms with E-state index in [0.29, 0.717) is 36.3 Å². The second-order valence-corrected chi connectivity index (χ2v) is 8.04. The second-order valence-electron chi connectivity index (χ2n) is 8.04. The molecule has 0 amide bonds. The molecule has 9 nitrogen and oxygen atoms in total. The zero-order valence-corrected chi connectivity index (χ0v) is 16.5. The minimum Gasteiger partial charge on any atom is -0.367 e. The zero-order valence-electron chi connectivity index (χ0n) is 16.5. The first kappa shape index (κ1) is 17.9. The highest BCUT2D eigenvalue weighted by molar-refractivity contribution is 5.62. The number of aromatic amines is 1. The van der Waals surface area contributed by atoms with Gasteiger partial charge in [0.1, 0.15) is 5.82 Å². The van der Waals surface area contributed by atoms with Gasteiger partial charge in [-0.2, -0.15) is 20.4 Å². The van der Waals surface area contributed by atoms with Crippen LogP contribution in [0.3, 0.4) is 0 Å². The molecule has 2 aliphatic heterocycles. The van der Waals surface area contributed by atoms with Crippen LogP contribution >= 0.6 is 0 Å². The lowest BCUT2D eigenvalue weighted by Crippen LogP contribution is -2.47. The number of fused-ring (bicyclic) bond motifs is 3. The molecule has 0 aliphatic carbocycles. The maximum absolute atomic E-state index is 8.92. The van der Waals surface area contributed by atoms with E-state index in [9.17, 15) is 0 Å². The van der Waals surface area contributed by atoms with Gasteiger partial charge < -0.3 is 10.6 Å². The van der Waals surface area contributed by atoms with E-state index in [4.69, 9.17) is 10.2 Å². The Morgan fingerprint density at radius 1 is 1.24 bits per heavy atom. The van der Waals surface area contributed by atoms with Gasteiger partial charge in [0.15, 0.2) is 5.82 Å². The van der Waals surface area contributed by atoms with Crippen molar-refractivity contribution in [3.63, 3.8) is 0 Å². The molecule has 29 heavy (non-hydrogen) atoms. The lowest BCUT2D eigenvalue weighted by atomic mass is 9.97. The molecule has 150 valence electrons.